The van der Waals surface area contributed by atoms with Gasteiger partial charge in [-0.15, -0.1) is 0 Å². The SMILES string of the molecule is CCCC[C@H]1CC(NC(=O)C2(CC(CNC(=O)[C@H](CCCCN)NS(C)(=O)=O)C(=O)O)CCCC2)CC[C@H]1C(=O)O. The van der Waals surface area contributed by atoms with E-state index in [-0.39, 0.29) is 37.3 Å². The molecule has 2 fully saturated rings. The third-order valence-corrected chi connectivity index (χ3v) is 9.45. The number of nitrogens with two attached hydrogens (primary N) is 1. The summed E-state index contributed by atoms with van der Waals surface area (Å²) in [5.41, 5.74) is 4.62. The molecule has 12 nitrogen and oxygen atoms in total. The molecule has 0 bridgehead atoms. The van der Waals surface area contributed by atoms with Crippen molar-refractivity contribution in [2.45, 2.75) is 109 Å². The van der Waals surface area contributed by atoms with Crippen molar-refractivity contribution in [3.8, 4) is 0 Å². The van der Waals surface area contributed by atoms with E-state index in [1.54, 1.807) is 0 Å². The van der Waals surface area contributed by atoms with Gasteiger partial charge in [-0.25, -0.2) is 13.1 Å². The zero-order chi connectivity index (χ0) is 30.6. The zero-order valence-corrected chi connectivity index (χ0v) is 25.3. The molecule has 2 aliphatic rings. The van der Waals surface area contributed by atoms with E-state index in [1.807, 2.05) is 0 Å². The van der Waals surface area contributed by atoms with Crippen molar-refractivity contribution < 1.29 is 37.8 Å². The number of carbonyl (C=O) groups is 4. The van der Waals surface area contributed by atoms with Gasteiger partial charge in [-0.1, -0.05) is 39.0 Å². The summed E-state index contributed by atoms with van der Waals surface area (Å²) in [7, 11) is -3.68. The molecule has 5 atom stereocenters. The summed E-state index contributed by atoms with van der Waals surface area (Å²) >= 11 is 0. The first-order valence-corrected chi connectivity index (χ1v) is 16.9. The lowest BCUT2D eigenvalue weighted by atomic mass is 9.73. The molecule has 2 rings (SSSR count). The Hall–Kier alpha value is -2.25. The largest absolute Gasteiger partial charge is 0.481 e. The molecule has 0 aliphatic heterocycles. The summed E-state index contributed by atoms with van der Waals surface area (Å²) in [6, 6.07) is -1.20. The van der Waals surface area contributed by atoms with Crippen LogP contribution >= 0.6 is 0 Å². The first-order valence-electron chi connectivity index (χ1n) is 15.0. The van der Waals surface area contributed by atoms with Gasteiger partial charge in [0.15, 0.2) is 0 Å². The molecule has 0 aromatic heterocycles. The van der Waals surface area contributed by atoms with Gasteiger partial charge in [-0.3, -0.25) is 19.2 Å². The summed E-state index contributed by atoms with van der Waals surface area (Å²) in [6.07, 6.45) is 9.39. The highest BCUT2D eigenvalue weighted by molar-refractivity contribution is 7.88. The summed E-state index contributed by atoms with van der Waals surface area (Å²) < 4.78 is 25.9. The Kier molecular flexibility index (Phi) is 14.0. The number of rotatable bonds is 18. The van der Waals surface area contributed by atoms with Crippen molar-refractivity contribution in [3.63, 3.8) is 0 Å². The predicted octanol–water partition coefficient (Wildman–Crippen LogP) is 1.98. The van der Waals surface area contributed by atoms with E-state index in [0.29, 0.717) is 51.5 Å². The average Bonchev–Trinajstić information content (AvgIpc) is 3.38. The number of hydrogen-bond acceptors (Lipinski definition) is 7. The van der Waals surface area contributed by atoms with E-state index in [1.165, 1.54) is 0 Å². The molecule has 0 aromatic rings. The molecular weight excluding hydrogens is 552 g/mol. The van der Waals surface area contributed by atoms with E-state index in [9.17, 15) is 37.8 Å². The summed E-state index contributed by atoms with van der Waals surface area (Å²) in [4.78, 5) is 50.6. The number of nitrogens with one attached hydrogen (secondary N) is 3. The highest BCUT2D eigenvalue weighted by atomic mass is 32.2. The minimum Gasteiger partial charge on any atom is -0.481 e. The molecular formula is C28H50N4O8S. The van der Waals surface area contributed by atoms with Crippen LogP contribution in [0.25, 0.3) is 0 Å². The molecule has 2 aliphatic carbocycles. The average molecular weight is 603 g/mol. The fraction of sp³-hybridized carbons (Fsp3) is 0.857. The van der Waals surface area contributed by atoms with Gasteiger partial charge in [0.05, 0.1) is 23.5 Å². The Balaban J connectivity index is 2.08. The Labute approximate surface area is 244 Å². The Morgan fingerprint density at radius 3 is 2.29 bits per heavy atom. The van der Waals surface area contributed by atoms with Gasteiger partial charge >= 0.3 is 11.9 Å². The highest BCUT2D eigenvalue weighted by Gasteiger charge is 2.45. The van der Waals surface area contributed by atoms with Crippen LogP contribution in [0.4, 0.5) is 0 Å². The van der Waals surface area contributed by atoms with Crippen LogP contribution in [0.3, 0.4) is 0 Å². The molecule has 0 heterocycles. The fourth-order valence-electron chi connectivity index (χ4n) is 6.48. The summed E-state index contributed by atoms with van der Waals surface area (Å²) in [6.45, 7) is 2.23. The molecule has 41 heavy (non-hydrogen) atoms. The Bertz CT molecular complexity index is 999. The van der Waals surface area contributed by atoms with Gasteiger partial charge in [0, 0.05) is 12.6 Å². The van der Waals surface area contributed by atoms with Gasteiger partial charge in [0.25, 0.3) is 0 Å². The fourth-order valence-corrected chi connectivity index (χ4v) is 7.22. The molecule has 236 valence electrons. The minimum absolute atomic E-state index is 0.00801. The second-order valence-electron chi connectivity index (χ2n) is 12.0. The molecule has 2 unspecified atom stereocenters. The molecule has 13 heteroatoms. The predicted molar refractivity (Wildman–Crippen MR) is 154 cm³/mol. The van der Waals surface area contributed by atoms with Crippen LogP contribution in [-0.4, -0.2) is 73.8 Å². The molecule has 0 aromatic carbocycles. The first-order chi connectivity index (χ1) is 19.3. The maximum atomic E-state index is 13.7. The number of sulfonamides is 1. The topological polar surface area (TPSA) is 205 Å². The molecule has 2 amide bonds. The molecule has 0 radical (unpaired) electrons. The monoisotopic (exact) mass is 602 g/mol. The van der Waals surface area contributed by atoms with Crippen LogP contribution in [0.2, 0.25) is 0 Å². The smallest absolute Gasteiger partial charge is 0.308 e. The van der Waals surface area contributed by atoms with Crippen LogP contribution in [0.5, 0.6) is 0 Å². The van der Waals surface area contributed by atoms with E-state index >= 15 is 0 Å². The maximum absolute atomic E-state index is 13.7. The van der Waals surface area contributed by atoms with Gasteiger partial charge in [0.1, 0.15) is 6.04 Å². The lowest BCUT2D eigenvalue weighted by Crippen LogP contribution is -2.50. The van der Waals surface area contributed by atoms with Gasteiger partial charge in [-0.05, 0) is 70.3 Å². The van der Waals surface area contributed by atoms with Crippen molar-refractivity contribution >= 4 is 33.8 Å². The number of carbonyl (C=O) groups excluding carboxylic acids is 2. The molecule has 0 spiro atoms. The normalized spacial score (nSPS) is 23.8. The van der Waals surface area contributed by atoms with Gasteiger partial charge in [-0.2, -0.15) is 0 Å². The summed E-state index contributed by atoms with van der Waals surface area (Å²) in [5, 5.41) is 25.4. The number of carboxylic acids is 2. The summed E-state index contributed by atoms with van der Waals surface area (Å²) in [5.74, 6) is -4.19. The van der Waals surface area contributed by atoms with Crippen LogP contribution in [0.1, 0.15) is 96.8 Å². The van der Waals surface area contributed by atoms with E-state index in [2.05, 4.69) is 22.3 Å². The van der Waals surface area contributed by atoms with Crippen molar-refractivity contribution in [2.24, 2.45) is 28.9 Å². The lowest BCUT2D eigenvalue weighted by molar-refractivity contribution is -0.145. The van der Waals surface area contributed by atoms with Gasteiger partial charge < -0.3 is 26.6 Å². The van der Waals surface area contributed by atoms with Crippen LogP contribution < -0.4 is 21.1 Å². The number of hydrogen-bond donors (Lipinski definition) is 6. The number of amides is 2. The second kappa shape index (κ2) is 16.4. The van der Waals surface area contributed by atoms with Crippen molar-refractivity contribution in [1.29, 1.82) is 0 Å². The van der Waals surface area contributed by atoms with E-state index in [0.717, 1.165) is 38.4 Å². The van der Waals surface area contributed by atoms with Crippen LogP contribution in [0.15, 0.2) is 0 Å². The molecule has 2 saturated carbocycles. The van der Waals surface area contributed by atoms with Crippen LogP contribution in [-0.2, 0) is 29.2 Å². The quantitative estimate of drug-likeness (QED) is 0.127. The maximum Gasteiger partial charge on any atom is 0.308 e. The minimum atomic E-state index is -3.68. The van der Waals surface area contributed by atoms with E-state index in [4.69, 9.17) is 5.73 Å². The van der Waals surface area contributed by atoms with Gasteiger partial charge in [0.2, 0.25) is 21.8 Å². The zero-order valence-electron chi connectivity index (χ0n) is 24.5. The van der Waals surface area contributed by atoms with Crippen molar-refractivity contribution in [2.75, 3.05) is 19.3 Å². The lowest BCUT2D eigenvalue weighted by Gasteiger charge is -2.37. The number of aliphatic carboxylic acids is 2. The van der Waals surface area contributed by atoms with Crippen molar-refractivity contribution in [1.82, 2.24) is 15.4 Å². The molecule has 0 saturated heterocycles. The third-order valence-electron chi connectivity index (χ3n) is 8.73. The van der Waals surface area contributed by atoms with Crippen molar-refractivity contribution in [3.05, 3.63) is 0 Å². The second-order valence-corrected chi connectivity index (χ2v) is 13.8. The third kappa shape index (κ3) is 11.2. The number of carboxylic acid groups (broad SMARTS) is 2. The van der Waals surface area contributed by atoms with Crippen LogP contribution in [0, 0.1) is 23.2 Å². The Morgan fingerprint density at radius 1 is 1.05 bits per heavy atom. The number of unbranched alkanes of at least 4 members (excludes halogenated alkanes) is 2. The molecule has 7 N–H and O–H groups in total. The highest BCUT2D eigenvalue weighted by Crippen LogP contribution is 2.44. The van der Waals surface area contributed by atoms with E-state index < -0.39 is 51.2 Å². The first kappa shape index (κ1) is 34.9. The Morgan fingerprint density at radius 2 is 1.73 bits per heavy atom. The standard InChI is InChI=1S/C28H50N4O8S/c1-3-4-9-19-16-21(11-12-22(19)26(36)37)31-27(38)28(13-6-7-14-28)17-20(25(34)35)18-30-24(33)23(10-5-8-15-29)32-41(2,39)40/h19-23,32H,3-18,29H2,1-2H3,(H,30,33)(H,31,38)(H,34,35)(H,36,37)/t19-,20?,21?,22+,23-/m0/s1.